The van der Waals surface area contributed by atoms with E-state index in [1.807, 2.05) is 6.92 Å². The molecule has 0 radical (unpaired) electrons. The monoisotopic (exact) mass is 436 g/mol. The lowest BCUT2D eigenvalue weighted by Crippen LogP contribution is -2.26. The summed E-state index contributed by atoms with van der Waals surface area (Å²) in [6.07, 6.45) is 1.71. The van der Waals surface area contributed by atoms with Crippen molar-refractivity contribution in [3.63, 3.8) is 0 Å². The van der Waals surface area contributed by atoms with Crippen molar-refractivity contribution >= 4 is 21.6 Å². The molecular formula is C25H28N2O3S. The number of rotatable bonds is 8. The number of nitrogens with one attached hydrogen (secondary N) is 2. The number of amides is 1. The Hall–Kier alpha value is -3.12. The van der Waals surface area contributed by atoms with Crippen LogP contribution in [0.5, 0.6) is 0 Å². The van der Waals surface area contributed by atoms with Gasteiger partial charge in [0.2, 0.25) is 0 Å². The van der Waals surface area contributed by atoms with Crippen molar-refractivity contribution in [2.24, 2.45) is 0 Å². The first-order valence-electron chi connectivity index (χ1n) is 10.3. The van der Waals surface area contributed by atoms with Crippen molar-refractivity contribution in [1.29, 1.82) is 0 Å². The molecule has 31 heavy (non-hydrogen) atoms. The van der Waals surface area contributed by atoms with Crippen LogP contribution < -0.4 is 10.0 Å². The Morgan fingerprint density at radius 1 is 0.839 bits per heavy atom. The predicted molar refractivity (Wildman–Crippen MR) is 125 cm³/mol. The molecule has 2 N–H and O–H groups in total. The minimum absolute atomic E-state index is 0.184. The van der Waals surface area contributed by atoms with Gasteiger partial charge in [-0.25, -0.2) is 8.42 Å². The first kappa shape index (κ1) is 22.6. The van der Waals surface area contributed by atoms with Crippen LogP contribution in [-0.2, 0) is 16.4 Å². The van der Waals surface area contributed by atoms with E-state index >= 15 is 0 Å². The molecule has 3 rings (SSSR count). The van der Waals surface area contributed by atoms with Gasteiger partial charge in [-0.2, -0.15) is 0 Å². The number of carbonyl (C=O) groups excluding carboxylic acids is 1. The van der Waals surface area contributed by atoms with Crippen molar-refractivity contribution in [3.05, 3.63) is 94.5 Å². The topological polar surface area (TPSA) is 75.3 Å². The molecule has 3 aromatic rings. The summed E-state index contributed by atoms with van der Waals surface area (Å²) in [5.74, 6) is -0.210. The summed E-state index contributed by atoms with van der Waals surface area (Å²) in [7, 11) is -3.73. The molecule has 0 spiro atoms. The molecule has 0 aromatic heterocycles. The maximum absolute atomic E-state index is 12.7. The average Bonchev–Trinajstić information content (AvgIpc) is 2.74. The van der Waals surface area contributed by atoms with Crippen LogP contribution >= 0.6 is 0 Å². The fourth-order valence-corrected chi connectivity index (χ4v) is 4.38. The van der Waals surface area contributed by atoms with Crippen LogP contribution in [0.3, 0.4) is 0 Å². The summed E-state index contributed by atoms with van der Waals surface area (Å²) in [4.78, 5) is 12.8. The standard InChI is InChI=1S/C25H28N2O3S/c1-18-9-13-21(14-10-18)6-5-17-26-25(28)23-7-4-8-24(20(23)3)27-31(29,30)22-15-11-19(2)12-16-22/h4,7-16,27H,5-6,17H2,1-3H3,(H,26,28). The molecule has 6 heteroatoms. The highest BCUT2D eigenvalue weighted by Gasteiger charge is 2.17. The van der Waals surface area contributed by atoms with Crippen molar-refractivity contribution in [1.82, 2.24) is 5.32 Å². The van der Waals surface area contributed by atoms with Gasteiger partial charge in [0.1, 0.15) is 0 Å². The molecule has 0 bridgehead atoms. The van der Waals surface area contributed by atoms with E-state index in [0.29, 0.717) is 23.4 Å². The molecule has 3 aromatic carbocycles. The van der Waals surface area contributed by atoms with Crippen LogP contribution in [0.4, 0.5) is 5.69 Å². The first-order chi connectivity index (χ1) is 14.8. The summed E-state index contributed by atoms with van der Waals surface area (Å²) in [6, 6.07) is 20.1. The fourth-order valence-electron chi connectivity index (χ4n) is 3.26. The Labute approximate surface area is 184 Å². The van der Waals surface area contributed by atoms with Gasteiger partial charge in [-0.1, -0.05) is 53.6 Å². The Morgan fingerprint density at radius 2 is 1.45 bits per heavy atom. The second-order valence-electron chi connectivity index (χ2n) is 7.74. The number of anilines is 1. The largest absolute Gasteiger partial charge is 0.352 e. The molecule has 162 valence electrons. The Balaban J connectivity index is 1.63. The molecule has 0 atom stereocenters. The zero-order valence-electron chi connectivity index (χ0n) is 18.1. The second-order valence-corrected chi connectivity index (χ2v) is 9.42. The van der Waals surface area contributed by atoms with Gasteiger partial charge in [-0.3, -0.25) is 9.52 Å². The number of sulfonamides is 1. The van der Waals surface area contributed by atoms with Crippen molar-refractivity contribution in [2.75, 3.05) is 11.3 Å². The molecule has 0 saturated heterocycles. The Kier molecular flexibility index (Phi) is 7.13. The van der Waals surface area contributed by atoms with Gasteiger partial charge < -0.3 is 5.32 Å². The lowest BCUT2D eigenvalue weighted by Gasteiger charge is -2.14. The predicted octanol–water partition coefficient (Wildman–Crippen LogP) is 4.78. The third-order valence-electron chi connectivity index (χ3n) is 5.20. The van der Waals surface area contributed by atoms with Crippen LogP contribution in [0.15, 0.2) is 71.6 Å². The molecule has 0 aliphatic rings. The Morgan fingerprint density at radius 3 is 2.10 bits per heavy atom. The van der Waals surface area contributed by atoms with E-state index in [4.69, 9.17) is 0 Å². The van der Waals surface area contributed by atoms with Crippen LogP contribution in [0.1, 0.15) is 39.0 Å². The van der Waals surface area contributed by atoms with E-state index < -0.39 is 10.0 Å². The fraction of sp³-hybridized carbons (Fsp3) is 0.240. The quantitative estimate of drug-likeness (QED) is 0.499. The third kappa shape index (κ3) is 5.95. The highest BCUT2D eigenvalue weighted by molar-refractivity contribution is 7.92. The van der Waals surface area contributed by atoms with E-state index in [2.05, 4.69) is 41.2 Å². The second kappa shape index (κ2) is 9.79. The summed E-state index contributed by atoms with van der Waals surface area (Å²) in [5.41, 5.74) is 4.90. The number of hydrogen-bond donors (Lipinski definition) is 2. The van der Waals surface area contributed by atoms with Crippen LogP contribution in [0, 0.1) is 20.8 Å². The maximum atomic E-state index is 12.7. The van der Waals surface area contributed by atoms with Gasteiger partial charge in [-0.05, 0) is 69.0 Å². The zero-order chi connectivity index (χ0) is 22.4. The van der Waals surface area contributed by atoms with E-state index in [0.717, 1.165) is 18.4 Å². The molecule has 1 amide bonds. The van der Waals surface area contributed by atoms with E-state index in [9.17, 15) is 13.2 Å². The molecule has 0 aliphatic carbocycles. The number of aryl methyl sites for hydroxylation is 3. The smallest absolute Gasteiger partial charge is 0.261 e. The molecule has 0 aliphatic heterocycles. The highest BCUT2D eigenvalue weighted by atomic mass is 32.2. The highest BCUT2D eigenvalue weighted by Crippen LogP contribution is 2.23. The molecule has 0 fully saturated rings. The van der Waals surface area contributed by atoms with E-state index in [-0.39, 0.29) is 10.8 Å². The number of benzene rings is 3. The van der Waals surface area contributed by atoms with Crippen molar-refractivity contribution in [3.8, 4) is 0 Å². The molecule has 0 heterocycles. The lowest BCUT2D eigenvalue weighted by molar-refractivity contribution is 0.0952. The van der Waals surface area contributed by atoms with Gasteiger partial charge in [0, 0.05) is 12.1 Å². The maximum Gasteiger partial charge on any atom is 0.261 e. The van der Waals surface area contributed by atoms with Gasteiger partial charge in [-0.15, -0.1) is 0 Å². The normalized spacial score (nSPS) is 11.2. The number of carbonyl (C=O) groups is 1. The van der Waals surface area contributed by atoms with Crippen LogP contribution in [0.25, 0.3) is 0 Å². The SMILES string of the molecule is Cc1ccc(CCCNC(=O)c2cccc(NS(=O)(=O)c3ccc(C)cc3)c2C)cc1. The summed E-state index contributed by atoms with van der Waals surface area (Å²) in [6.45, 7) is 6.25. The molecular weight excluding hydrogens is 408 g/mol. The van der Waals surface area contributed by atoms with E-state index in [1.54, 1.807) is 49.4 Å². The van der Waals surface area contributed by atoms with Gasteiger partial charge >= 0.3 is 0 Å². The zero-order valence-corrected chi connectivity index (χ0v) is 18.9. The molecule has 0 saturated carbocycles. The minimum atomic E-state index is -3.73. The van der Waals surface area contributed by atoms with Crippen LogP contribution in [0.2, 0.25) is 0 Å². The average molecular weight is 437 g/mol. The van der Waals surface area contributed by atoms with Crippen molar-refractivity contribution < 1.29 is 13.2 Å². The third-order valence-corrected chi connectivity index (χ3v) is 6.58. The van der Waals surface area contributed by atoms with Gasteiger partial charge in [0.05, 0.1) is 10.6 Å². The summed E-state index contributed by atoms with van der Waals surface area (Å²) < 4.78 is 28.0. The van der Waals surface area contributed by atoms with Gasteiger partial charge in [0.25, 0.3) is 15.9 Å². The number of hydrogen-bond acceptors (Lipinski definition) is 3. The van der Waals surface area contributed by atoms with Crippen molar-refractivity contribution in [2.45, 2.75) is 38.5 Å². The van der Waals surface area contributed by atoms with Gasteiger partial charge in [0.15, 0.2) is 0 Å². The molecule has 5 nitrogen and oxygen atoms in total. The van der Waals surface area contributed by atoms with E-state index in [1.165, 1.54) is 11.1 Å². The first-order valence-corrected chi connectivity index (χ1v) is 11.8. The summed E-state index contributed by atoms with van der Waals surface area (Å²) in [5, 5.41) is 2.93. The van der Waals surface area contributed by atoms with Crippen LogP contribution in [-0.4, -0.2) is 20.9 Å². The summed E-state index contributed by atoms with van der Waals surface area (Å²) >= 11 is 0. The lowest BCUT2D eigenvalue weighted by atomic mass is 10.1. The Bertz CT molecular complexity index is 1150. The molecule has 0 unspecified atom stereocenters. The minimum Gasteiger partial charge on any atom is -0.352 e.